The van der Waals surface area contributed by atoms with E-state index in [0.717, 1.165) is 78.4 Å². The Balaban J connectivity index is 0.000000186. The molecule has 6 aromatic heterocycles. The number of aromatic nitrogens is 10. The Morgan fingerprint density at radius 1 is 0.710 bits per heavy atom. The molecule has 3 N–H and O–H groups in total. The average molecular weight is 964 g/mol. The van der Waals surface area contributed by atoms with Crippen LogP contribution in [-0.4, -0.2) is 71.3 Å². The van der Waals surface area contributed by atoms with Gasteiger partial charge in [-0.1, -0.05) is 65.8 Å². The van der Waals surface area contributed by atoms with E-state index in [0.29, 0.717) is 42.0 Å². The van der Waals surface area contributed by atoms with Crippen molar-refractivity contribution in [1.82, 2.24) is 54.4 Å². The molecule has 0 fully saturated rings. The molecule has 8 aromatic rings. The van der Waals surface area contributed by atoms with E-state index in [9.17, 15) is 14.7 Å². The minimum Gasteiger partial charge on any atom is -0.477 e. The Hall–Kier alpha value is -7.18. The monoisotopic (exact) mass is 963 g/mol. The zero-order valence-electron chi connectivity index (χ0n) is 40.6. The highest BCUT2D eigenvalue weighted by Crippen LogP contribution is 2.36. The number of rotatable bonds is 13. The number of nitrogens with one attached hydrogen (secondary N) is 2. The highest BCUT2D eigenvalue weighted by molar-refractivity contribution is 7.14. The van der Waals surface area contributed by atoms with E-state index in [-0.39, 0.29) is 16.7 Å². The van der Waals surface area contributed by atoms with Crippen molar-refractivity contribution in [1.29, 1.82) is 0 Å². The van der Waals surface area contributed by atoms with Gasteiger partial charge in [0.1, 0.15) is 9.75 Å². The number of aryl methyl sites for hydroxylation is 6. The van der Waals surface area contributed by atoms with Gasteiger partial charge in [0, 0.05) is 67.4 Å². The lowest BCUT2D eigenvalue weighted by Crippen LogP contribution is -2.24. The van der Waals surface area contributed by atoms with Crippen LogP contribution < -0.4 is 10.6 Å². The van der Waals surface area contributed by atoms with E-state index >= 15 is 0 Å². The summed E-state index contributed by atoms with van der Waals surface area (Å²) in [5.41, 5.74) is 11.4. The van der Waals surface area contributed by atoms with Gasteiger partial charge in [0.05, 0.1) is 63.1 Å². The van der Waals surface area contributed by atoms with Crippen molar-refractivity contribution in [2.45, 2.75) is 98.6 Å². The summed E-state index contributed by atoms with van der Waals surface area (Å²) >= 11 is 2.82. The lowest BCUT2D eigenvalue weighted by molar-refractivity contribution is 0.0699. The number of nitrogens with zero attached hydrogens (tertiary/aromatic N) is 11. The molecule has 16 nitrogen and oxygen atoms in total. The van der Waals surface area contributed by atoms with Gasteiger partial charge in [-0.15, -0.1) is 22.7 Å². The van der Waals surface area contributed by atoms with Crippen LogP contribution in [0.1, 0.15) is 111 Å². The molecule has 0 radical (unpaired) electrons. The first-order chi connectivity index (χ1) is 32.8. The van der Waals surface area contributed by atoms with E-state index in [4.69, 9.17) is 4.98 Å². The van der Waals surface area contributed by atoms with Crippen LogP contribution in [0.25, 0.3) is 22.5 Å². The fraction of sp³-hybridized carbons (Fsp3) is 0.333. The number of hydrogen-bond donors (Lipinski definition) is 3. The fourth-order valence-electron chi connectivity index (χ4n) is 7.69. The third kappa shape index (κ3) is 11.6. The number of aromatic carboxylic acids is 1. The Labute approximate surface area is 410 Å². The minimum absolute atomic E-state index is 0.0408. The molecule has 0 atom stereocenters. The van der Waals surface area contributed by atoms with E-state index in [1.165, 1.54) is 33.8 Å². The van der Waals surface area contributed by atoms with Crippen LogP contribution in [0.2, 0.25) is 0 Å². The number of carbonyl (C=O) groups is 2. The molecule has 1 amide bonds. The highest BCUT2D eigenvalue weighted by atomic mass is 32.1. The molecule has 69 heavy (non-hydrogen) atoms. The van der Waals surface area contributed by atoms with Gasteiger partial charge in [0.2, 0.25) is 11.9 Å². The lowest BCUT2D eigenvalue weighted by Gasteiger charge is -2.19. The standard InChI is InChI=1S/C26H30N6O2S.C25H27N7OS/c1-16-13-18(20-11-12-27-25(31-20)29-19-14-28-32(5)15-19)10-9-17(16)7-6-8-21-22(23(33)34)35-24(30-21)26(2,3)4;1-15-10-16(19-8-9-26-24(30-19)28-18-11-27-31(5)13-18)6-7-17(15)12-32-14-20-21(22(32)33)34-23(29-20)25(2,3)4/h9-15H,6-8H2,1-5H3,(H,33,34)(H,27,29,31);6-11,13H,12,14H2,1-5H3,(H,26,28,30). The van der Waals surface area contributed by atoms with Crippen LogP contribution in [0.5, 0.6) is 0 Å². The maximum absolute atomic E-state index is 13.0. The molecular formula is C51H57N13O3S2. The third-order valence-corrected chi connectivity index (χ3v) is 14.4. The molecule has 0 aliphatic carbocycles. The number of thiazole rings is 2. The van der Waals surface area contributed by atoms with E-state index in [2.05, 4.69) is 131 Å². The summed E-state index contributed by atoms with van der Waals surface area (Å²) in [6.45, 7) is 17.9. The molecule has 0 saturated carbocycles. The molecular weight excluding hydrogens is 907 g/mol. The smallest absolute Gasteiger partial charge is 0.347 e. The number of carboxylic acid groups (broad SMARTS) is 1. The first-order valence-corrected chi connectivity index (χ1v) is 24.3. The van der Waals surface area contributed by atoms with Crippen LogP contribution in [-0.2, 0) is 50.9 Å². The lowest BCUT2D eigenvalue weighted by atomic mass is 9.97. The van der Waals surface area contributed by atoms with E-state index in [1.54, 1.807) is 34.2 Å². The number of carbonyl (C=O) groups excluding carboxylic acids is 1. The first-order valence-electron chi connectivity index (χ1n) is 22.7. The second-order valence-electron chi connectivity index (χ2n) is 19.3. The maximum atomic E-state index is 13.0. The maximum Gasteiger partial charge on any atom is 0.347 e. The molecule has 9 rings (SSSR count). The summed E-state index contributed by atoms with van der Waals surface area (Å²) in [5, 5.41) is 26.1. The zero-order valence-corrected chi connectivity index (χ0v) is 42.3. The summed E-state index contributed by atoms with van der Waals surface area (Å²) in [7, 11) is 3.72. The Morgan fingerprint density at radius 2 is 1.25 bits per heavy atom. The van der Waals surface area contributed by atoms with Crippen LogP contribution in [0.15, 0.2) is 85.7 Å². The van der Waals surface area contributed by atoms with Gasteiger partial charge in [-0.2, -0.15) is 10.2 Å². The minimum atomic E-state index is -0.893. The molecule has 0 spiro atoms. The first kappa shape index (κ1) is 48.3. The predicted molar refractivity (Wildman–Crippen MR) is 272 cm³/mol. The van der Waals surface area contributed by atoms with Gasteiger partial charge < -0.3 is 20.6 Å². The van der Waals surface area contributed by atoms with Crippen molar-refractivity contribution in [3.8, 4) is 22.5 Å². The molecule has 18 heteroatoms. The van der Waals surface area contributed by atoms with E-state index in [1.807, 2.05) is 49.6 Å². The summed E-state index contributed by atoms with van der Waals surface area (Å²) in [6.07, 6.45) is 13.0. The van der Waals surface area contributed by atoms with Crippen LogP contribution >= 0.6 is 22.7 Å². The summed E-state index contributed by atoms with van der Waals surface area (Å²) < 4.78 is 3.44. The second-order valence-corrected chi connectivity index (χ2v) is 21.3. The number of fused-ring (bicyclic) bond motifs is 1. The number of carboxylic acids is 1. The van der Waals surface area contributed by atoms with Gasteiger partial charge in [-0.05, 0) is 79.6 Å². The van der Waals surface area contributed by atoms with Crippen molar-refractivity contribution in [2.75, 3.05) is 10.6 Å². The predicted octanol–water partition coefficient (Wildman–Crippen LogP) is 10.4. The third-order valence-electron chi connectivity index (χ3n) is 11.4. The molecule has 0 bridgehead atoms. The Morgan fingerprint density at radius 3 is 1.72 bits per heavy atom. The zero-order chi connectivity index (χ0) is 49.2. The van der Waals surface area contributed by atoms with Gasteiger partial charge in [-0.3, -0.25) is 14.2 Å². The van der Waals surface area contributed by atoms with Crippen molar-refractivity contribution in [3.63, 3.8) is 0 Å². The topological polar surface area (TPSA) is 195 Å². The van der Waals surface area contributed by atoms with Crippen molar-refractivity contribution >= 4 is 57.8 Å². The average Bonchev–Trinajstić information content (AvgIpc) is 4.14. The number of hydrogen-bond acceptors (Lipinski definition) is 14. The molecule has 0 saturated heterocycles. The van der Waals surface area contributed by atoms with Crippen LogP contribution in [0, 0.1) is 13.8 Å². The van der Waals surface area contributed by atoms with Gasteiger partial charge >= 0.3 is 5.97 Å². The quantitative estimate of drug-likeness (QED) is 0.0989. The van der Waals surface area contributed by atoms with Crippen LogP contribution in [0.4, 0.5) is 23.3 Å². The van der Waals surface area contributed by atoms with Crippen molar-refractivity contribution in [2.24, 2.45) is 14.1 Å². The molecule has 7 heterocycles. The fourth-order valence-corrected chi connectivity index (χ4v) is 9.80. The molecule has 2 aromatic carbocycles. The summed E-state index contributed by atoms with van der Waals surface area (Å²) in [4.78, 5) is 55.1. The molecule has 356 valence electrons. The van der Waals surface area contributed by atoms with Gasteiger partial charge in [-0.25, -0.2) is 34.7 Å². The van der Waals surface area contributed by atoms with Crippen LogP contribution in [0.3, 0.4) is 0 Å². The molecule has 1 aliphatic heterocycles. The normalized spacial score (nSPS) is 12.5. The van der Waals surface area contributed by atoms with Gasteiger partial charge in [0.25, 0.3) is 5.91 Å². The molecule has 1 aliphatic rings. The number of anilines is 4. The Bertz CT molecular complexity index is 3150. The largest absolute Gasteiger partial charge is 0.477 e. The Kier molecular flexibility index (Phi) is 13.9. The van der Waals surface area contributed by atoms with E-state index < -0.39 is 5.97 Å². The SMILES string of the molecule is Cc1cc(-c2ccnc(Nc3cnn(C)c3)n2)ccc1CCCc1nc(C(C)(C)C)sc1C(=O)O.Cc1cc(-c2ccnc(Nc3cnn(C)c3)n2)ccc1CN1Cc2nc(C(C)(C)C)sc2C1=O. The second kappa shape index (κ2) is 19.8. The summed E-state index contributed by atoms with van der Waals surface area (Å²) in [6, 6.07) is 16.4. The van der Waals surface area contributed by atoms with Crippen molar-refractivity contribution in [3.05, 3.63) is 139 Å². The highest BCUT2D eigenvalue weighted by Gasteiger charge is 2.34. The summed E-state index contributed by atoms with van der Waals surface area (Å²) in [5.74, 6) is 0.219. The number of amides is 1. The number of benzene rings is 2. The van der Waals surface area contributed by atoms with Gasteiger partial charge in [0.15, 0.2) is 0 Å². The molecule has 0 unspecified atom stereocenters. The van der Waals surface area contributed by atoms with Crippen molar-refractivity contribution < 1.29 is 14.7 Å².